The number of aryl methyl sites for hydroxylation is 3. The molecule has 6 nitrogen and oxygen atoms in total. The summed E-state index contributed by atoms with van der Waals surface area (Å²) in [5, 5.41) is 6.96. The number of rotatable bonds is 3. The van der Waals surface area contributed by atoms with Gasteiger partial charge < -0.3 is 9.73 Å². The zero-order chi connectivity index (χ0) is 18.3. The molecule has 0 bridgehead atoms. The lowest BCUT2D eigenvalue weighted by molar-refractivity contribution is 0.0540. The number of aromatic nitrogens is 2. The first-order valence-electron chi connectivity index (χ1n) is 7.47. The van der Waals surface area contributed by atoms with Gasteiger partial charge in [0.25, 0.3) is 5.91 Å². The van der Waals surface area contributed by atoms with E-state index in [-0.39, 0.29) is 11.4 Å². The van der Waals surface area contributed by atoms with E-state index in [1.807, 2.05) is 0 Å². The van der Waals surface area contributed by atoms with Crippen molar-refractivity contribution in [2.24, 2.45) is 0 Å². The number of carbonyl (C=O) groups excluding carboxylic acids is 1. The van der Waals surface area contributed by atoms with E-state index in [9.17, 15) is 18.4 Å². The minimum absolute atomic E-state index is 0.103. The van der Waals surface area contributed by atoms with E-state index in [0.29, 0.717) is 32.5 Å². The third-order valence-electron chi connectivity index (χ3n) is 3.88. The number of fused-ring (bicyclic) bond motifs is 1. The molecule has 0 unspecified atom stereocenters. The second-order valence-corrected chi connectivity index (χ2v) is 5.76. The largest absolute Gasteiger partial charge is 0.423 e. The van der Waals surface area contributed by atoms with Crippen LogP contribution in [0.3, 0.4) is 0 Å². The van der Waals surface area contributed by atoms with E-state index in [1.165, 1.54) is 19.1 Å². The Hall–Kier alpha value is -3.03. The van der Waals surface area contributed by atoms with Crippen LogP contribution < -0.4 is 10.9 Å². The zero-order valence-electron chi connectivity index (χ0n) is 13.8. The molecule has 0 saturated carbocycles. The summed E-state index contributed by atoms with van der Waals surface area (Å²) in [5.41, 5.74) is 1.91. The third-order valence-corrected chi connectivity index (χ3v) is 3.88. The topological polar surface area (TPSA) is 77.1 Å². The summed E-state index contributed by atoms with van der Waals surface area (Å²) >= 11 is 0. The maximum Gasteiger partial charge on any atom is 0.336 e. The molecule has 3 aromatic rings. The van der Waals surface area contributed by atoms with Crippen molar-refractivity contribution in [1.82, 2.24) is 9.78 Å². The predicted molar refractivity (Wildman–Crippen MR) is 88.1 cm³/mol. The highest BCUT2D eigenvalue weighted by Crippen LogP contribution is 2.25. The van der Waals surface area contributed by atoms with Crippen LogP contribution in [0, 0.1) is 20.8 Å². The van der Waals surface area contributed by atoms with E-state index in [2.05, 4.69) is 10.4 Å². The summed E-state index contributed by atoms with van der Waals surface area (Å²) in [7, 11) is 0. The van der Waals surface area contributed by atoms with Crippen molar-refractivity contribution in [1.29, 1.82) is 0 Å². The van der Waals surface area contributed by atoms with Gasteiger partial charge in [0.1, 0.15) is 5.58 Å². The number of carbonyl (C=O) groups is 1. The second kappa shape index (κ2) is 6.12. The normalized spacial score (nSPS) is 11.3. The predicted octanol–water partition coefficient (Wildman–Crippen LogP) is 3.56. The molecule has 1 amide bonds. The van der Waals surface area contributed by atoms with E-state index < -0.39 is 18.1 Å². The molecule has 0 spiro atoms. The summed E-state index contributed by atoms with van der Waals surface area (Å²) in [4.78, 5) is 23.8. The number of halogens is 2. The Kier molecular flexibility index (Phi) is 4.12. The molecule has 0 aliphatic carbocycles. The molecule has 8 heteroatoms. The van der Waals surface area contributed by atoms with Gasteiger partial charge in [-0.3, -0.25) is 4.79 Å². The first kappa shape index (κ1) is 16.8. The van der Waals surface area contributed by atoms with Gasteiger partial charge in [-0.15, -0.1) is 0 Å². The van der Waals surface area contributed by atoms with Crippen LogP contribution in [0.2, 0.25) is 0 Å². The summed E-state index contributed by atoms with van der Waals surface area (Å²) in [6.45, 7) is 2.13. The molecule has 2 aromatic heterocycles. The van der Waals surface area contributed by atoms with Gasteiger partial charge in [0.15, 0.2) is 5.69 Å². The number of nitrogens with zero attached hydrogens (tertiary/aromatic N) is 2. The fourth-order valence-electron chi connectivity index (χ4n) is 2.58. The molecule has 25 heavy (non-hydrogen) atoms. The van der Waals surface area contributed by atoms with Crippen molar-refractivity contribution < 1.29 is 18.0 Å². The molecule has 2 heterocycles. The highest BCUT2D eigenvalue weighted by atomic mass is 19.3. The first-order valence-corrected chi connectivity index (χ1v) is 7.47. The Morgan fingerprint density at radius 1 is 1.16 bits per heavy atom. The van der Waals surface area contributed by atoms with Crippen molar-refractivity contribution >= 4 is 22.6 Å². The Labute approximate surface area is 141 Å². The van der Waals surface area contributed by atoms with E-state index in [4.69, 9.17) is 4.42 Å². The van der Waals surface area contributed by atoms with Crippen molar-refractivity contribution in [2.45, 2.75) is 27.3 Å². The summed E-state index contributed by atoms with van der Waals surface area (Å²) < 4.78 is 31.2. The number of benzene rings is 1. The minimum atomic E-state index is -2.81. The number of alkyl halides is 2. The molecule has 0 aliphatic rings. The van der Waals surface area contributed by atoms with Gasteiger partial charge in [-0.05, 0) is 50.1 Å². The van der Waals surface area contributed by atoms with Crippen molar-refractivity contribution in [3.63, 3.8) is 0 Å². The number of nitrogens with one attached hydrogen (secondary N) is 1. The Balaban J connectivity index is 1.97. The van der Waals surface area contributed by atoms with Gasteiger partial charge in [0.2, 0.25) is 0 Å². The molecular weight excluding hydrogens is 332 g/mol. The Bertz CT molecular complexity index is 1040. The van der Waals surface area contributed by atoms with Crippen LogP contribution in [0.4, 0.5) is 14.5 Å². The molecule has 130 valence electrons. The lowest BCUT2D eigenvalue weighted by Gasteiger charge is -2.09. The maximum absolute atomic E-state index is 12.8. The highest BCUT2D eigenvalue weighted by molar-refractivity contribution is 6.04. The molecule has 0 atom stereocenters. The minimum Gasteiger partial charge on any atom is -0.423 e. The molecule has 0 fully saturated rings. The van der Waals surface area contributed by atoms with Crippen molar-refractivity contribution in [2.75, 3.05) is 5.32 Å². The summed E-state index contributed by atoms with van der Waals surface area (Å²) in [6.07, 6.45) is 0. The van der Waals surface area contributed by atoms with Crippen LogP contribution in [0.1, 0.15) is 33.9 Å². The van der Waals surface area contributed by atoms with Crippen LogP contribution in [0.5, 0.6) is 0 Å². The molecule has 0 saturated heterocycles. The van der Waals surface area contributed by atoms with Crippen LogP contribution in [0.25, 0.3) is 11.0 Å². The quantitative estimate of drug-likeness (QED) is 0.735. The first-order chi connectivity index (χ1) is 11.8. The summed E-state index contributed by atoms with van der Waals surface area (Å²) in [6, 6.07) is 5.97. The van der Waals surface area contributed by atoms with Gasteiger partial charge >= 0.3 is 12.2 Å². The van der Waals surface area contributed by atoms with E-state index in [1.54, 1.807) is 26.0 Å². The van der Waals surface area contributed by atoms with E-state index >= 15 is 0 Å². The fraction of sp³-hybridized carbons (Fsp3) is 0.235. The Morgan fingerprint density at radius 2 is 1.88 bits per heavy atom. The summed E-state index contributed by atoms with van der Waals surface area (Å²) in [5.74, 6) is -0.597. The lowest BCUT2D eigenvalue weighted by atomic mass is 10.1. The van der Waals surface area contributed by atoms with Crippen molar-refractivity contribution in [3.05, 3.63) is 57.2 Å². The third kappa shape index (κ3) is 3.15. The number of amides is 1. The molecule has 0 aliphatic heterocycles. The monoisotopic (exact) mass is 347 g/mol. The smallest absolute Gasteiger partial charge is 0.336 e. The lowest BCUT2D eigenvalue weighted by Crippen LogP contribution is -2.14. The standard InChI is InChI=1S/C17H15F2N3O3/c1-8-5-15(23)25-14-4-9(2)12(7-11(8)14)20-16(24)13-6-10(3)22(21-13)17(18)19/h4-7,17H,1-3H3,(H,20,24). The van der Waals surface area contributed by atoms with Crippen LogP contribution in [-0.2, 0) is 0 Å². The van der Waals surface area contributed by atoms with Crippen LogP contribution >= 0.6 is 0 Å². The number of hydrogen-bond donors (Lipinski definition) is 1. The highest BCUT2D eigenvalue weighted by Gasteiger charge is 2.18. The van der Waals surface area contributed by atoms with Crippen LogP contribution in [0.15, 0.2) is 33.5 Å². The molecule has 1 N–H and O–H groups in total. The van der Waals surface area contributed by atoms with Gasteiger partial charge in [0, 0.05) is 22.8 Å². The van der Waals surface area contributed by atoms with Crippen LogP contribution in [-0.4, -0.2) is 15.7 Å². The van der Waals surface area contributed by atoms with Gasteiger partial charge in [0.05, 0.1) is 0 Å². The molecule has 1 aromatic carbocycles. The molecule has 3 rings (SSSR count). The second-order valence-electron chi connectivity index (χ2n) is 5.76. The van der Waals surface area contributed by atoms with Crippen molar-refractivity contribution in [3.8, 4) is 0 Å². The van der Waals surface area contributed by atoms with E-state index in [0.717, 1.165) is 0 Å². The maximum atomic E-state index is 12.8. The van der Waals surface area contributed by atoms with Gasteiger partial charge in [-0.1, -0.05) is 0 Å². The zero-order valence-corrected chi connectivity index (χ0v) is 13.8. The average molecular weight is 347 g/mol. The molecular formula is C17H15F2N3O3. The number of anilines is 1. The SMILES string of the molecule is Cc1cc2oc(=O)cc(C)c2cc1NC(=O)c1cc(C)n(C(F)F)n1. The Morgan fingerprint density at radius 3 is 2.52 bits per heavy atom. The number of hydrogen-bond acceptors (Lipinski definition) is 4. The fourth-order valence-corrected chi connectivity index (χ4v) is 2.58. The average Bonchev–Trinajstić information content (AvgIpc) is 2.90. The molecule has 0 radical (unpaired) electrons. The van der Waals surface area contributed by atoms with Gasteiger partial charge in [-0.2, -0.15) is 13.9 Å². The van der Waals surface area contributed by atoms with Gasteiger partial charge in [-0.25, -0.2) is 9.48 Å².